The van der Waals surface area contributed by atoms with Gasteiger partial charge in [0.25, 0.3) is 0 Å². The van der Waals surface area contributed by atoms with Gasteiger partial charge in [0.15, 0.2) is 0 Å². The summed E-state index contributed by atoms with van der Waals surface area (Å²) in [6.07, 6.45) is 1.59. The molecule has 4 rings (SSSR count). The monoisotopic (exact) mass is 429 g/mol. The second kappa shape index (κ2) is 6.75. The molecule has 124 valence electrons. The molecular formula is C19H13BrClN3S. The Labute approximate surface area is 162 Å². The molecule has 2 aromatic carbocycles. The van der Waals surface area contributed by atoms with Gasteiger partial charge < -0.3 is 5.32 Å². The number of nitrogens with zero attached hydrogens (tertiary/aromatic N) is 2. The molecule has 0 bridgehead atoms. The van der Waals surface area contributed by atoms with Crippen LogP contribution in [-0.2, 0) is 0 Å². The van der Waals surface area contributed by atoms with Crippen molar-refractivity contribution in [2.75, 3.05) is 5.32 Å². The molecule has 2 aromatic heterocycles. The maximum atomic E-state index is 6.15. The first kappa shape index (κ1) is 16.5. The fraction of sp³-hybridized carbons (Fsp3) is 0.0526. The van der Waals surface area contributed by atoms with Crippen molar-refractivity contribution >= 4 is 60.6 Å². The third-order valence-corrected chi connectivity index (χ3v) is 5.63. The lowest BCUT2D eigenvalue weighted by Gasteiger charge is -2.11. The first-order chi connectivity index (χ1) is 12.1. The van der Waals surface area contributed by atoms with Crippen molar-refractivity contribution in [3.63, 3.8) is 0 Å². The van der Waals surface area contributed by atoms with Crippen LogP contribution in [0.3, 0.4) is 0 Å². The Bertz CT molecular complexity index is 1060. The lowest BCUT2D eigenvalue weighted by Crippen LogP contribution is -1.97. The highest BCUT2D eigenvalue weighted by atomic mass is 79.9. The summed E-state index contributed by atoms with van der Waals surface area (Å²) in [4.78, 5) is 9.85. The summed E-state index contributed by atoms with van der Waals surface area (Å²) in [5, 5.41) is 7.26. The number of aryl methyl sites for hydroxylation is 1. The van der Waals surface area contributed by atoms with Crippen LogP contribution in [0.4, 0.5) is 11.5 Å². The van der Waals surface area contributed by atoms with Crippen LogP contribution in [0.1, 0.15) is 5.56 Å². The molecule has 0 aliphatic rings. The largest absolute Gasteiger partial charge is 0.339 e. The van der Waals surface area contributed by atoms with E-state index in [9.17, 15) is 0 Å². The molecule has 0 saturated carbocycles. The summed E-state index contributed by atoms with van der Waals surface area (Å²) in [5.74, 6) is 0.787. The highest BCUT2D eigenvalue weighted by Crippen LogP contribution is 2.38. The maximum Gasteiger partial charge on any atom is 0.143 e. The van der Waals surface area contributed by atoms with Crippen molar-refractivity contribution in [2.45, 2.75) is 6.92 Å². The van der Waals surface area contributed by atoms with Gasteiger partial charge in [-0.3, -0.25) is 0 Å². The van der Waals surface area contributed by atoms with Crippen LogP contribution in [0, 0.1) is 6.92 Å². The Hall–Kier alpha value is -1.95. The summed E-state index contributed by atoms with van der Waals surface area (Å²) in [5.41, 5.74) is 4.31. The Morgan fingerprint density at radius 3 is 2.68 bits per heavy atom. The van der Waals surface area contributed by atoms with Crippen LogP contribution >= 0.6 is 38.9 Å². The maximum absolute atomic E-state index is 6.15. The minimum Gasteiger partial charge on any atom is -0.339 e. The molecule has 0 unspecified atom stereocenters. The first-order valence-corrected chi connectivity index (χ1v) is 9.68. The van der Waals surface area contributed by atoms with E-state index in [2.05, 4.69) is 48.7 Å². The SMILES string of the molecule is Cc1ccc(Cl)cc1Nc1ncnc2scc(-c3ccc(Br)cc3)c12. The van der Waals surface area contributed by atoms with Crippen LogP contribution in [-0.4, -0.2) is 9.97 Å². The topological polar surface area (TPSA) is 37.8 Å². The van der Waals surface area contributed by atoms with Gasteiger partial charge in [0.2, 0.25) is 0 Å². The normalized spacial score (nSPS) is 11.0. The van der Waals surface area contributed by atoms with Crippen LogP contribution in [0.2, 0.25) is 5.02 Å². The first-order valence-electron chi connectivity index (χ1n) is 7.63. The van der Waals surface area contributed by atoms with Crippen LogP contribution in [0.15, 0.2) is 58.6 Å². The highest BCUT2D eigenvalue weighted by Gasteiger charge is 2.14. The molecule has 1 N–H and O–H groups in total. The number of thiophene rings is 1. The van der Waals surface area contributed by atoms with Gasteiger partial charge in [0.1, 0.15) is 17.0 Å². The van der Waals surface area contributed by atoms with Gasteiger partial charge in [-0.2, -0.15) is 0 Å². The Kier molecular flexibility index (Phi) is 4.46. The molecule has 6 heteroatoms. The van der Waals surface area contributed by atoms with Crippen LogP contribution in [0.5, 0.6) is 0 Å². The number of fused-ring (bicyclic) bond motifs is 1. The lowest BCUT2D eigenvalue weighted by atomic mass is 10.1. The van der Waals surface area contributed by atoms with Gasteiger partial charge in [-0.1, -0.05) is 45.7 Å². The minimum atomic E-state index is 0.692. The van der Waals surface area contributed by atoms with Crippen LogP contribution < -0.4 is 5.32 Å². The Balaban J connectivity index is 1.85. The molecule has 0 atom stereocenters. The molecule has 0 spiro atoms. The van der Waals surface area contributed by atoms with E-state index in [0.29, 0.717) is 5.02 Å². The smallest absolute Gasteiger partial charge is 0.143 e. The van der Waals surface area contributed by atoms with Crippen molar-refractivity contribution in [1.82, 2.24) is 9.97 Å². The van der Waals surface area contributed by atoms with E-state index in [1.54, 1.807) is 17.7 Å². The van der Waals surface area contributed by atoms with E-state index in [1.165, 1.54) is 0 Å². The molecule has 0 fully saturated rings. The van der Waals surface area contributed by atoms with Crippen molar-refractivity contribution in [2.24, 2.45) is 0 Å². The molecule has 2 heterocycles. The van der Waals surface area contributed by atoms with Gasteiger partial charge in [-0.05, 0) is 42.3 Å². The molecular weight excluding hydrogens is 418 g/mol. The summed E-state index contributed by atoms with van der Waals surface area (Å²) in [6, 6.07) is 14.0. The van der Waals surface area contributed by atoms with Crippen molar-refractivity contribution in [1.29, 1.82) is 0 Å². The Morgan fingerprint density at radius 1 is 1.08 bits per heavy atom. The molecule has 0 aliphatic carbocycles. The fourth-order valence-electron chi connectivity index (χ4n) is 2.67. The molecule has 0 aliphatic heterocycles. The predicted molar refractivity (Wildman–Crippen MR) is 110 cm³/mol. The summed E-state index contributed by atoms with van der Waals surface area (Å²) in [6.45, 7) is 2.04. The molecule has 0 saturated heterocycles. The average Bonchev–Trinajstić information content (AvgIpc) is 3.04. The van der Waals surface area contributed by atoms with Crippen molar-refractivity contribution < 1.29 is 0 Å². The number of anilines is 2. The highest BCUT2D eigenvalue weighted by molar-refractivity contribution is 9.10. The number of halogens is 2. The summed E-state index contributed by atoms with van der Waals surface area (Å²) >= 11 is 11.2. The molecule has 3 nitrogen and oxygen atoms in total. The third kappa shape index (κ3) is 3.27. The standard InChI is InChI=1S/C19H13BrClN3S/c1-11-2-7-14(21)8-16(11)24-18-17-15(9-25-19(17)23-10-22-18)12-3-5-13(20)6-4-12/h2-10H,1H3,(H,22,23,24). The molecule has 0 radical (unpaired) electrons. The van der Waals surface area contributed by atoms with Gasteiger partial charge >= 0.3 is 0 Å². The van der Waals surface area contributed by atoms with Gasteiger partial charge in [0.05, 0.1) is 5.39 Å². The van der Waals surface area contributed by atoms with E-state index in [-0.39, 0.29) is 0 Å². The number of hydrogen-bond acceptors (Lipinski definition) is 4. The lowest BCUT2D eigenvalue weighted by molar-refractivity contribution is 1.23. The van der Waals surface area contributed by atoms with Gasteiger partial charge in [0, 0.05) is 26.1 Å². The van der Waals surface area contributed by atoms with Crippen molar-refractivity contribution in [3.8, 4) is 11.1 Å². The van der Waals surface area contributed by atoms with E-state index < -0.39 is 0 Å². The zero-order valence-electron chi connectivity index (χ0n) is 13.3. The molecule has 0 amide bonds. The second-order valence-electron chi connectivity index (χ2n) is 5.64. The number of benzene rings is 2. The molecule has 25 heavy (non-hydrogen) atoms. The predicted octanol–water partition coefficient (Wildman–Crippen LogP) is 6.83. The van der Waals surface area contributed by atoms with Crippen molar-refractivity contribution in [3.05, 3.63) is 69.2 Å². The third-order valence-electron chi connectivity index (χ3n) is 3.98. The van der Waals surface area contributed by atoms with Crippen LogP contribution in [0.25, 0.3) is 21.3 Å². The minimum absolute atomic E-state index is 0.692. The number of rotatable bonds is 3. The fourth-order valence-corrected chi connectivity index (χ4v) is 4.02. The summed E-state index contributed by atoms with van der Waals surface area (Å²) < 4.78 is 1.06. The second-order valence-corrected chi connectivity index (χ2v) is 7.85. The zero-order chi connectivity index (χ0) is 17.4. The van der Waals surface area contributed by atoms with E-state index in [1.807, 2.05) is 37.3 Å². The summed E-state index contributed by atoms with van der Waals surface area (Å²) in [7, 11) is 0. The quantitative estimate of drug-likeness (QED) is 0.387. The van der Waals surface area contributed by atoms with Gasteiger partial charge in [-0.15, -0.1) is 11.3 Å². The number of nitrogens with one attached hydrogen (secondary N) is 1. The van der Waals surface area contributed by atoms with E-state index >= 15 is 0 Å². The Morgan fingerprint density at radius 2 is 1.88 bits per heavy atom. The average molecular weight is 431 g/mol. The van der Waals surface area contributed by atoms with E-state index in [4.69, 9.17) is 11.6 Å². The number of aromatic nitrogens is 2. The molecule has 4 aromatic rings. The van der Waals surface area contributed by atoms with E-state index in [0.717, 1.165) is 42.9 Å². The zero-order valence-corrected chi connectivity index (χ0v) is 16.4. The number of hydrogen-bond donors (Lipinski definition) is 1. The van der Waals surface area contributed by atoms with Gasteiger partial charge in [-0.25, -0.2) is 9.97 Å².